The topological polar surface area (TPSA) is 67.9 Å². The van der Waals surface area contributed by atoms with Crippen molar-refractivity contribution >= 4 is 10.0 Å². The highest BCUT2D eigenvalue weighted by molar-refractivity contribution is 7.89. The van der Waals surface area contributed by atoms with Gasteiger partial charge in [-0.25, -0.2) is 17.5 Å². The maximum absolute atomic E-state index is 13.1. The number of likely N-dealkylation sites (tertiary alicyclic amines) is 1. The van der Waals surface area contributed by atoms with Crippen LogP contribution < -0.4 is 14.2 Å². The minimum absolute atomic E-state index is 0.0507. The van der Waals surface area contributed by atoms with Crippen LogP contribution in [0.2, 0.25) is 0 Å². The van der Waals surface area contributed by atoms with Crippen molar-refractivity contribution in [2.75, 3.05) is 26.4 Å². The molecule has 4 rings (SSSR count). The molecule has 8 heteroatoms. The summed E-state index contributed by atoms with van der Waals surface area (Å²) in [5.74, 6) is 0.910. The van der Waals surface area contributed by atoms with Crippen LogP contribution in [0.15, 0.2) is 47.4 Å². The first kappa shape index (κ1) is 18.2. The van der Waals surface area contributed by atoms with Crippen LogP contribution in [-0.2, 0) is 10.0 Å². The summed E-state index contributed by atoms with van der Waals surface area (Å²) in [5.41, 5.74) is 0.975. The summed E-state index contributed by atoms with van der Waals surface area (Å²) >= 11 is 0. The first-order valence-corrected chi connectivity index (χ1v) is 10.4. The van der Waals surface area contributed by atoms with E-state index < -0.39 is 15.8 Å². The lowest BCUT2D eigenvalue weighted by Crippen LogP contribution is -2.36. The molecule has 0 aromatic heterocycles. The molecule has 0 aliphatic carbocycles. The highest BCUT2D eigenvalue weighted by Crippen LogP contribution is 2.36. The van der Waals surface area contributed by atoms with Gasteiger partial charge in [0.05, 0.1) is 4.90 Å². The number of ether oxygens (including phenoxy) is 2. The molecule has 0 saturated carbocycles. The van der Waals surface area contributed by atoms with Gasteiger partial charge in [-0.15, -0.1) is 0 Å². The highest BCUT2D eigenvalue weighted by atomic mass is 32.2. The first-order chi connectivity index (χ1) is 13.0. The fourth-order valence-electron chi connectivity index (χ4n) is 3.52. The van der Waals surface area contributed by atoms with Crippen molar-refractivity contribution in [3.63, 3.8) is 0 Å². The van der Waals surface area contributed by atoms with E-state index in [1.165, 1.54) is 12.1 Å². The third kappa shape index (κ3) is 3.92. The minimum Gasteiger partial charge on any atom is -0.454 e. The quantitative estimate of drug-likeness (QED) is 0.819. The van der Waals surface area contributed by atoms with Crippen molar-refractivity contribution in [2.24, 2.45) is 0 Å². The van der Waals surface area contributed by atoms with Gasteiger partial charge in [-0.3, -0.25) is 4.90 Å². The second-order valence-corrected chi connectivity index (χ2v) is 8.44. The SMILES string of the molecule is O=S(=O)(NC[C@H](c1ccc2c(c1)OCO2)N1CCCC1)c1ccc(F)cc1. The molecule has 1 N–H and O–H groups in total. The molecule has 0 amide bonds. The van der Waals surface area contributed by atoms with Crippen molar-refractivity contribution in [1.82, 2.24) is 9.62 Å². The van der Waals surface area contributed by atoms with Gasteiger partial charge < -0.3 is 9.47 Å². The van der Waals surface area contributed by atoms with Crippen LogP contribution in [-0.4, -0.2) is 39.7 Å². The Morgan fingerprint density at radius 3 is 2.48 bits per heavy atom. The Hall–Kier alpha value is -2.16. The number of nitrogens with zero attached hydrogens (tertiary/aromatic N) is 1. The zero-order valence-electron chi connectivity index (χ0n) is 14.7. The summed E-state index contributed by atoms with van der Waals surface area (Å²) in [6, 6.07) is 10.4. The molecule has 2 heterocycles. The highest BCUT2D eigenvalue weighted by Gasteiger charge is 2.27. The van der Waals surface area contributed by atoms with Gasteiger partial charge in [-0.2, -0.15) is 0 Å². The molecule has 0 radical (unpaired) electrons. The van der Waals surface area contributed by atoms with Crippen LogP contribution in [0.3, 0.4) is 0 Å². The van der Waals surface area contributed by atoms with E-state index in [-0.39, 0.29) is 24.3 Å². The van der Waals surface area contributed by atoms with Crippen LogP contribution in [0.1, 0.15) is 24.4 Å². The van der Waals surface area contributed by atoms with Gasteiger partial charge in [0.15, 0.2) is 11.5 Å². The number of rotatable bonds is 6. The van der Waals surface area contributed by atoms with Gasteiger partial charge in [0.1, 0.15) is 5.82 Å². The lowest BCUT2D eigenvalue weighted by atomic mass is 10.1. The number of halogens is 1. The minimum atomic E-state index is -3.72. The largest absolute Gasteiger partial charge is 0.454 e. The van der Waals surface area contributed by atoms with Gasteiger partial charge in [0.25, 0.3) is 0 Å². The molecule has 2 aliphatic rings. The Morgan fingerprint density at radius 1 is 1.04 bits per heavy atom. The van der Waals surface area contributed by atoms with Crippen molar-refractivity contribution in [3.05, 3.63) is 53.8 Å². The predicted octanol–water partition coefficient (Wildman–Crippen LogP) is 2.67. The number of nitrogens with one attached hydrogen (secondary N) is 1. The molecule has 1 saturated heterocycles. The van der Waals surface area contributed by atoms with E-state index in [1.807, 2.05) is 18.2 Å². The van der Waals surface area contributed by atoms with E-state index in [2.05, 4.69) is 9.62 Å². The maximum Gasteiger partial charge on any atom is 0.240 e. The maximum atomic E-state index is 13.1. The molecule has 2 aromatic rings. The molecule has 144 valence electrons. The lowest BCUT2D eigenvalue weighted by Gasteiger charge is -2.28. The molecule has 27 heavy (non-hydrogen) atoms. The number of fused-ring (bicyclic) bond motifs is 1. The van der Waals surface area contributed by atoms with Gasteiger partial charge in [0, 0.05) is 12.6 Å². The molecule has 2 aliphatic heterocycles. The summed E-state index contributed by atoms with van der Waals surface area (Å²) in [6.07, 6.45) is 2.18. The van der Waals surface area contributed by atoms with Crippen molar-refractivity contribution in [2.45, 2.75) is 23.8 Å². The van der Waals surface area contributed by atoms with Gasteiger partial charge in [-0.1, -0.05) is 6.07 Å². The fourth-order valence-corrected chi connectivity index (χ4v) is 4.56. The Bertz CT molecular complexity index is 912. The normalized spacial score (nSPS) is 18.0. The molecule has 2 aromatic carbocycles. The number of sulfonamides is 1. The van der Waals surface area contributed by atoms with Crippen LogP contribution in [0.25, 0.3) is 0 Å². The summed E-state index contributed by atoms with van der Waals surface area (Å²) in [6.45, 7) is 2.25. The zero-order valence-corrected chi connectivity index (χ0v) is 15.5. The van der Waals surface area contributed by atoms with Gasteiger partial charge in [-0.05, 0) is 67.9 Å². The zero-order chi connectivity index (χ0) is 18.9. The Balaban J connectivity index is 1.55. The molecular formula is C19H21FN2O4S. The molecule has 6 nitrogen and oxygen atoms in total. The fraction of sp³-hybridized carbons (Fsp3) is 0.368. The molecule has 1 fully saturated rings. The second-order valence-electron chi connectivity index (χ2n) is 6.68. The third-order valence-electron chi connectivity index (χ3n) is 4.95. The monoisotopic (exact) mass is 392 g/mol. The average molecular weight is 392 g/mol. The number of hydrogen-bond acceptors (Lipinski definition) is 5. The number of hydrogen-bond donors (Lipinski definition) is 1. The lowest BCUT2D eigenvalue weighted by molar-refractivity contribution is 0.173. The van der Waals surface area contributed by atoms with E-state index in [0.29, 0.717) is 11.5 Å². The van der Waals surface area contributed by atoms with E-state index in [4.69, 9.17) is 9.47 Å². The van der Waals surface area contributed by atoms with Gasteiger partial charge >= 0.3 is 0 Å². The summed E-state index contributed by atoms with van der Waals surface area (Å²) in [5, 5.41) is 0. The van der Waals surface area contributed by atoms with E-state index in [0.717, 1.165) is 43.6 Å². The summed E-state index contributed by atoms with van der Waals surface area (Å²) in [4.78, 5) is 2.32. The summed E-state index contributed by atoms with van der Waals surface area (Å²) in [7, 11) is -3.72. The standard InChI is InChI=1S/C19H21FN2O4S/c20-15-4-6-16(7-5-15)27(23,24)21-12-17(22-9-1-2-10-22)14-3-8-18-19(11-14)26-13-25-18/h3-8,11,17,21H,1-2,9-10,12-13H2/t17-/m1/s1. The van der Waals surface area contributed by atoms with Crippen LogP contribution in [0.5, 0.6) is 11.5 Å². The smallest absolute Gasteiger partial charge is 0.240 e. The number of benzene rings is 2. The van der Waals surface area contributed by atoms with Crippen molar-refractivity contribution in [3.8, 4) is 11.5 Å². The first-order valence-electron chi connectivity index (χ1n) is 8.92. The average Bonchev–Trinajstić information content (AvgIpc) is 3.33. The van der Waals surface area contributed by atoms with Crippen molar-refractivity contribution in [1.29, 1.82) is 0 Å². The third-order valence-corrected chi connectivity index (χ3v) is 6.39. The molecule has 0 bridgehead atoms. The van der Waals surface area contributed by atoms with Crippen LogP contribution >= 0.6 is 0 Å². The molecule has 0 unspecified atom stereocenters. The van der Waals surface area contributed by atoms with Crippen LogP contribution in [0.4, 0.5) is 4.39 Å². The van der Waals surface area contributed by atoms with Crippen LogP contribution in [0, 0.1) is 5.82 Å². The second kappa shape index (κ2) is 7.46. The Morgan fingerprint density at radius 2 is 1.74 bits per heavy atom. The Kier molecular flexibility index (Phi) is 5.03. The molecular weight excluding hydrogens is 371 g/mol. The van der Waals surface area contributed by atoms with Crippen molar-refractivity contribution < 1.29 is 22.3 Å². The Labute approximate surface area is 157 Å². The predicted molar refractivity (Wildman–Crippen MR) is 97.7 cm³/mol. The summed E-state index contributed by atoms with van der Waals surface area (Å²) < 4.78 is 51.7. The van der Waals surface area contributed by atoms with E-state index in [1.54, 1.807) is 0 Å². The molecule has 1 atom stereocenters. The van der Waals surface area contributed by atoms with E-state index >= 15 is 0 Å². The van der Waals surface area contributed by atoms with Gasteiger partial charge in [0.2, 0.25) is 16.8 Å². The van der Waals surface area contributed by atoms with E-state index in [9.17, 15) is 12.8 Å². The molecule has 0 spiro atoms.